The largest absolute Gasteiger partial charge is 0.308 e. The highest BCUT2D eigenvalue weighted by Crippen LogP contribution is 2.33. The summed E-state index contributed by atoms with van der Waals surface area (Å²) in [6, 6.07) is 11.9. The van der Waals surface area contributed by atoms with Crippen LogP contribution in [0.25, 0.3) is 10.2 Å². The van der Waals surface area contributed by atoms with Crippen molar-refractivity contribution in [2.75, 3.05) is 32.1 Å². The Balaban J connectivity index is 0.00000280. The summed E-state index contributed by atoms with van der Waals surface area (Å²) >= 11 is 7.78. The normalized spacial score (nSPS) is 10.9. The second kappa shape index (κ2) is 9.70. The van der Waals surface area contributed by atoms with Crippen LogP contribution in [0.2, 0.25) is 5.02 Å². The minimum Gasteiger partial charge on any atom is -0.308 e. The molecular weight excluding hydrogens is 413 g/mol. The van der Waals surface area contributed by atoms with Crippen LogP contribution >= 0.6 is 35.3 Å². The molecule has 7 heteroatoms. The van der Waals surface area contributed by atoms with Gasteiger partial charge < -0.3 is 4.90 Å². The first-order valence-corrected chi connectivity index (χ1v) is 10.1. The molecule has 1 heterocycles. The first-order valence-electron chi connectivity index (χ1n) is 8.91. The molecule has 3 rings (SSSR count). The molecule has 4 nitrogen and oxygen atoms in total. The van der Waals surface area contributed by atoms with E-state index in [1.807, 2.05) is 38.4 Å². The van der Waals surface area contributed by atoms with Crippen molar-refractivity contribution in [2.45, 2.75) is 20.3 Å². The number of fused-ring (bicyclic) bond motifs is 1. The molecule has 1 amide bonds. The number of carbonyl (C=O) groups is 1. The molecule has 0 saturated heterocycles. The number of likely N-dealkylation sites (N-methyl/N-ethyl adjacent to an activating group) is 1. The summed E-state index contributed by atoms with van der Waals surface area (Å²) in [5.41, 5.74) is 4.22. The Bertz CT molecular complexity index is 971. The van der Waals surface area contributed by atoms with E-state index in [1.54, 1.807) is 4.90 Å². The number of hydrogen-bond donors (Lipinski definition) is 0. The Morgan fingerprint density at radius 3 is 2.50 bits per heavy atom. The fraction of sp³-hybridized carbons (Fsp3) is 0.333. The van der Waals surface area contributed by atoms with Gasteiger partial charge in [0.25, 0.3) is 0 Å². The van der Waals surface area contributed by atoms with Crippen LogP contribution in [0.5, 0.6) is 0 Å². The van der Waals surface area contributed by atoms with Gasteiger partial charge >= 0.3 is 0 Å². The SMILES string of the molecule is Cc1ccc(CC(=O)N(CCN(C)C)c2nc3c(Cl)cccc3s2)cc1C.Cl. The zero-order chi connectivity index (χ0) is 19.6. The molecule has 0 radical (unpaired) electrons. The number of nitrogens with zero attached hydrogens (tertiary/aromatic N) is 3. The lowest BCUT2D eigenvalue weighted by molar-refractivity contribution is -0.118. The second-order valence-electron chi connectivity index (χ2n) is 7.03. The molecule has 0 atom stereocenters. The number of halogens is 2. The summed E-state index contributed by atoms with van der Waals surface area (Å²) in [6.07, 6.45) is 0.359. The number of rotatable bonds is 6. The number of aromatic nitrogens is 1. The van der Waals surface area contributed by atoms with Gasteiger partial charge in [-0.05, 0) is 56.8 Å². The maximum atomic E-state index is 13.1. The smallest absolute Gasteiger partial charge is 0.233 e. The molecular formula is C21H25Cl2N3OS. The quantitative estimate of drug-likeness (QED) is 0.536. The Labute approximate surface area is 181 Å². The maximum absolute atomic E-state index is 13.1. The summed E-state index contributed by atoms with van der Waals surface area (Å²) < 4.78 is 0.992. The predicted molar refractivity (Wildman–Crippen MR) is 122 cm³/mol. The van der Waals surface area contributed by atoms with Crippen molar-refractivity contribution in [1.82, 2.24) is 9.88 Å². The third-order valence-electron chi connectivity index (χ3n) is 4.59. The van der Waals surface area contributed by atoms with Crippen LogP contribution in [0.15, 0.2) is 36.4 Å². The van der Waals surface area contributed by atoms with Gasteiger partial charge in [-0.25, -0.2) is 4.98 Å². The summed E-state index contributed by atoms with van der Waals surface area (Å²) in [7, 11) is 4.00. The van der Waals surface area contributed by atoms with Crippen molar-refractivity contribution < 1.29 is 4.79 Å². The molecule has 0 fully saturated rings. The molecule has 28 heavy (non-hydrogen) atoms. The van der Waals surface area contributed by atoms with Gasteiger partial charge in [0.2, 0.25) is 5.91 Å². The Morgan fingerprint density at radius 1 is 1.11 bits per heavy atom. The van der Waals surface area contributed by atoms with Crippen LogP contribution in [0.3, 0.4) is 0 Å². The minimum atomic E-state index is 0. The first-order chi connectivity index (χ1) is 12.8. The van der Waals surface area contributed by atoms with Gasteiger partial charge in [-0.1, -0.05) is 47.2 Å². The summed E-state index contributed by atoms with van der Waals surface area (Å²) in [4.78, 5) is 21.6. The summed E-state index contributed by atoms with van der Waals surface area (Å²) in [5.74, 6) is 0.0512. The Morgan fingerprint density at radius 2 is 1.86 bits per heavy atom. The van der Waals surface area contributed by atoms with E-state index in [1.165, 1.54) is 22.5 Å². The molecule has 0 aliphatic carbocycles. The molecule has 0 N–H and O–H groups in total. The lowest BCUT2D eigenvalue weighted by Gasteiger charge is -2.22. The van der Waals surface area contributed by atoms with Crippen molar-refractivity contribution in [1.29, 1.82) is 0 Å². The molecule has 0 bridgehead atoms. The van der Waals surface area contributed by atoms with Crippen molar-refractivity contribution in [3.05, 3.63) is 58.1 Å². The van der Waals surface area contributed by atoms with Crippen LogP contribution in [0, 0.1) is 13.8 Å². The average Bonchev–Trinajstić information content (AvgIpc) is 3.03. The van der Waals surface area contributed by atoms with Gasteiger partial charge in [0.1, 0.15) is 5.52 Å². The fourth-order valence-corrected chi connectivity index (χ4v) is 4.14. The summed E-state index contributed by atoms with van der Waals surface area (Å²) in [6.45, 7) is 5.51. The van der Waals surface area contributed by atoms with E-state index >= 15 is 0 Å². The molecule has 0 aliphatic heterocycles. The van der Waals surface area contributed by atoms with E-state index < -0.39 is 0 Å². The lowest BCUT2D eigenvalue weighted by Crippen LogP contribution is -2.37. The fourth-order valence-electron chi connectivity index (χ4n) is 2.83. The first kappa shape index (κ1) is 22.6. The third kappa shape index (κ3) is 5.23. The number of para-hydroxylation sites is 1. The Hall–Kier alpha value is -1.66. The van der Waals surface area contributed by atoms with Crippen molar-refractivity contribution in [2.24, 2.45) is 0 Å². The van der Waals surface area contributed by atoms with Gasteiger partial charge in [-0.15, -0.1) is 12.4 Å². The van der Waals surface area contributed by atoms with Crippen LogP contribution in [-0.2, 0) is 11.2 Å². The van der Waals surface area contributed by atoms with Crippen LogP contribution in [0.1, 0.15) is 16.7 Å². The number of amides is 1. The number of hydrogen-bond acceptors (Lipinski definition) is 4. The molecule has 3 aromatic rings. The topological polar surface area (TPSA) is 36.4 Å². The molecule has 2 aromatic carbocycles. The predicted octanol–water partition coefficient (Wildman–Crippen LogP) is 5.13. The Kier molecular flexibility index (Phi) is 7.84. The van der Waals surface area contributed by atoms with E-state index in [9.17, 15) is 4.79 Å². The summed E-state index contributed by atoms with van der Waals surface area (Å²) in [5, 5.41) is 1.32. The molecule has 0 aliphatic rings. The number of aryl methyl sites for hydroxylation is 2. The molecule has 1 aromatic heterocycles. The lowest BCUT2D eigenvalue weighted by atomic mass is 10.0. The third-order valence-corrected chi connectivity index (χ3v) is 5.94. The van der Waals surface area contributed by atoms with Crippen molar-refractivity contribution in [3.63, 3.8) is 0 Å². The van der Waals surface area contributed by atoms with Crippen LogP contribution in [0.4, 0.5) is 5.13 Å². The molecule has 0 spiro atoms. The number of carbonyl (C=O) groups excluding carboxylic acids is 1. The van der Waals surface area contributed by atoms with E-state index in [0.29, 0.717) is 23.1 Å². The van der Waals surface area contributed by atoms with Crippen molar-refractivity contribution in [3.8, 4) is 0 Å². The average molecular weight is 438 g/mol. The second-order valence-corrected chi connectivity index (χ2v) is 8.44. The zero-order valence-corrected chi connectivity index (χ0v) is 18.9. The maximum Gasteiger partial charge on any atom is 0.233 e. The molecule has 0 saturated carbocycles. The van der Waals surface area contributed by atoms with E-state index in [-0.39, 0.29) is 18.3 Å². The number of thiazole rings is 1. The molecule has 0 unspecified atom stereocenters. The van der Waals surface area contributed by atoms with E-state index in [0.717, 1.165) is 22.3 Å². The zero-order valence-electron chi connectivity index (χ0n) is 16.5. The number of anilines is 1. The van der Waals surface area contributed by atoms with Gasteiger partial charge in [0.05, 0.1) is 16.1 Å². The van der Waals surface area contributed by atoms with Gasteiger partial charge in [-0.2, -0.15) is 0 Å². The van der Waals surface area contributed by atoms with Crippen molar-refractivity contribution >= 4 is 56.6 Å². The standard InChI is InChI=1S/C21H24ClN3OS.ClH/c1-14-8-9-16(12-15(14)2)13-19(26)25(11-10-24(3)4)21-23-20-17(22)6-5-7-18(20)27-21;/h5-9,12H,10-11,13H2,1-4H3;1H. The highest BCUT2D eigenvalue weighted by Gasteiger charge is 2.21. The molecule has 150 valence electrons. The van der Waals surface area contributed by atoms with Crippen LogP contribution < -0.4 is 4.90 Å². The van der Waals surface area contributed by atoms with Gasteiger partial charge in [0.15, 0.2) is 5.13 Å². The van der Waals surface area contributed by atoms with Gasteiger partial charge in [0, 0.05) is 13.1 Å². The highest BCUT2D eigenvalue weighted by atomic mass is 35.5. The highest BCUT2D eigenvalue weighted by molar-refractivity contribution is 7.22. The number of benzene rings is 2. The van der Waals surface area contributed by atoms with E-state index in [2.05, 4.69) is 35.9 Å². The monoisotopic (exact) mass is 437 g/mol. The minimum absolute atomic E-state index is 0. The van der Waals surface area contributed by atoms with Crippen LogP contribution in [-0.4, -0.2) is 43.0 Å². The van der Waals surface area contributed by atoms with E-state index in [4.69, 9.17) is 11.6 Å². The van der Waals surface area contributed by atoms with Gasteiger partial charge in [-0.3, -0.25) is 9.69 Å².